The van der Waals surface area contributed by atoms with E-state index < -0.39 is 0 Å². The number of carbonyl (C=O) groups excluding carboxylic acids is 1. The fraction of sp³-hybridized carbons (Fsp3) is 0.0870. The number of aryl methyl sites for hydroxylation is 2. The molecule has 7 nitrogen and oxygen atoms in total. The number of carbonyl (C=O) groups is 1. The lowest BCUT2D eigenvalue weighted by molar-refractivity contribution is 0.102. The van der Waals surface area contributed by atoms with Gasteiger partial charge in [0.15, 0.2) is 0 Å². The third-order valence-corrected chi connectivity index (χ3v) is 5.62. The first-order valence-corrected chi connectivity index (χ1v) is 10.2. The first-order valence-electron chi connectivity index (χ1n) is 9.41. The molecule has 4 aromatic rings. The summed E-state index contributed by atoms with van der Waals surface area (Å²) >= 11 is 1.55. The van der Waals surface area contributed by atoms with Crippen LogP contribution in [-0.4, -0.2) is 25.9 Å². The van der Waals surface area contributed by atoms with Crippen molar-refractivity contribution in [2.45, 2.75) is 13.8 Å². The summed E-state index contributed by atoms with van der Waals surface area (Å²) in [6.45, 7) is 7.60. The molecule has 0 spiro atoms. The predicted molar refractivity (Wildman–Crippen MR) is 121 cm³/mol. The second kappa shape index (κ2) is 8.34. The third kappa shape index (κ3) is 4.27. The summed E-state index contributed by atoms with van der Waals surface area (Å²) in [5.74, 6) is -0.264. The van der Waals surface area contributed by atoms with E-state index in [0.717, 1.165) is 26.8 Å². The standard InChI is InChI=1S/C23H18N6OS/c1-14-7-8-18(23(30)26-19-6-4-5-17(9-19)15(2)11-24)10-21(14)29-13-20(27-28-29)22-12-25-16(3)31-22/h4-10,12-13H,2H2,1,3H3,(H,26,30). The minimum atomic E-state index is -0.264. The molecule has 31 heavy (non-hydrogen) atoms. The van der Waals surface area contributed by atoms with Gasteiger partial charge in [-0.3, -0.25) is 4.79 Å². The van der Waals surface area contributed by atoms with Gasteiger partial charge in [-0.25, -0.2) is 9.67 Å². The third-order valence-electron chi connectivity index (χ3n) is 4.69. The molecule has 0 fully saturated rings. The lowest BCUT2D eigenvalue weighted by Gasteiger charge is -2.10. The summed E-state index contributed by atoms with van der Waals surface area (Å²) in [5, 5.41) is 21.3. The van der Waals surface area contributed by atoms with Crippen molar-refractivity contribution in [1.29, 1.82) is 5.26 Å². The van der Waals surface area contributed by atoms with Crippen LogP contribution < -0.4 is 5.32 Å². The predicted octanol–water partition coefficient (Wildman–Crippen LogP) is 4.80. The van der Waals surface area contributed by atoms with E-state index in [1.807, 2.05) is 32.2 Å². The van der Waals surface area contributed by atoms with E-state index in [2.05, 4.69) is 27.2 Å². The maximum atomic E-state index is 12.8. The second-order valence-corrected chi connectivity index (χ2v) is 8.15. The van der Waals surface area contributed by atoms with Gasteiger partial charge in [-0.1, -0.05) is 30.0 Å². The maximum absolute atomic E-state index is 12.8. The molecule has 0 radical (unpaired) electrons. The molecule has 2 aromatic carbocycles. The average molecular weight is 427 g/mol. The molecule has 0 atom stereocenters. The van der Waals surface area contributed by atoms with Crippen molar-refractivity contribution in [2.24, 2.45) is 0 Å². The van der Waals surface area contributed by atoms with Crippen LogP contribution in [0.1, 0.15) is 26.5 Å². The first kappa shape index (κ1) is 20.2. The van der Waals surface area contributed by atoms with Crippen LogP contribution in [0.25, 0.3) is 21.8 Å². The van der Waals surface area contributed by atoms with E-state index in [4.69, 9.17) is 5.26 Å². The Balaban J connectivity index is 1.60. The van der Waals surface area contributed by atoms with Crippen LogP contribution in [0.5, 0.6) is 0 Å². The Morgan fingerprint density at radius 1 is 1.19 bits per heavy atom. The van der Waals surface area contributed by atoms with Crippen molar-refractivity contribution >= 4 is 28.5 Å². The van der Waals surface area contributed by atoms with Gasteiger partial charge in [0.2, 0.25) is 0 Å². The number of nitrogens with zero attached hydrogens (tertiary/aromatic N) is 5. The van der Waals surface area contributed by atoms with E-state index in [-0.39, 0.29) is 5.91 Å². The number of aromatic nitrogens is 4. The average Bonchev–Trinajstić information content (AvgIpc) is 3.42. The molecular formula is C23H18N6OS. The number of thiazole rings is 1. The van der Waals surface area contributed by atoms with Crippen molar-refractivity contribution in [2.75, 3.05) is 5.32 Å². The molecule has 0 saturated heterocycles. The van der Waals surface area contributed by atoms with Gasteiger partial charge in [0.1, 0.15) is 5.69 Å². The molecule has 0 bridgehead atoms. The number of rotatable bonds is 5. The molecule has 0 unspecified atom stereocenters. The summed E-state index contributed by atoms with van der Waals surface area (Å²) in [7, 11) is 0. The lowest BCUT2D eigenvalue weighted by atomic mass is 10.1. The lowest BCUT2D eigenvalue weighted by Crippen LogP contribution is -2.13. The molecule has 1 N–H and O–H groups in total. The van der Waals surface area contributed by atoms with E-state index >= 15 is 0 Å². The van der Waals surface area contributed by atoms with Crippen molar-refractivity contribution in [3.05, 3.63) is 83.1 Å². The zero-order valence-corrected chi connectivity index (χ0v) is 17.8. The number of amides is 1. The summed E-state index contributed by atoms with van der Waals surface area (Å²) in [6, 6.07) is 14.5. The Labute approximate surface area is 183 Å². The SMILES string of the molecule is C=C(C#N)c1cccc(NC(=O)c2ccc(C)c(-n3cc(-c4cnc(C)s4)nn3)c2)c1. The van der Waals surface area contributed by atoms with Crippen LogP contribution >= 0.6 is 11.3 Å². The number of nitriles is 1. The fourth-order valence-corrected chi connectivity index (χ4v) is 3.75. The summed E-state index contributed by atoms with van der Waals surface area (Å²) in [6.07, 6.45) is 3.61. The molecule has 0 saturated carbocycles. The summed E-state index contributed by atoms with van der Waals surface area (Å²) in [5.41, 5.74) is 4.53. The Morgan fingerprint density at radius 2 is 2.03 bits per heavy atom. The fourth-order valence-electron chi connectivity index (χ4n) is 3.02. The molecule has 152 valence electrons. The Hall–Kier alpha value is -4.09. The van der Waals surface area contributed by atoms with Crippen molar-refractivity contribution in [1.82, 2.24) is 20.0 Å². The number of nitrogens with one attached hydrogen (secondary N) is 1. The molecule has 0 aliphatic rings. The van der Waals surface area contributed by atoms with E-state index in [9.17, 15) is 4.79 Å². The maximum Gasteiger partial charge on any atom is 0.255 e. The number of allylic oxidation sites excluding steroid dienone is 1. The van der Waals surface area contributed by atoms with Crippen molar-refractivity contribution in [3.63, 3.8) is 0 Å². The number of benzene rings is 2. The minimum absolute atomic E-state index is 0.264. The molecule has 8 heteroatoms. The topological polar surface area (TPSA) is 96.5 Å². The van der Waals surface area contributed by atoms with Gasteiger partial charge in [0.05, 0.1) is 33.4 Å². The second-order valence-electron chi connectivity index (χ2n) is 6.92. The molecule has 0 aliphatic heterocycles. The monoisotopic (exact) mass is 426 g/mol. The zero-order chi connectivity index (χ0) is 22.0. The normalized spacial score (nSPS) is 10.5. The molecule has 2 aromatic heterocycles. The van der Waals surface area contributed by atoms with Crippen LogP contribution in [0, 0.1) is 25.2 Å². The van der Waals surface area contributed by atoms with Gasteiger partial charge >= 0.3 is 0 Å². The van der Waals surface area contributed by atoms with E-state index in [1.165, 1.54) is 0 Å². The van der Waals surface area contributed by atoms with Gasteiger partial charge in [0, 0.05) is 17.4 Å². The molecule has 4 rings (SSSR count). The summed E-state index contributed by atoms with van der Waals surface area (Å²) < 4.78 is 1.66. The van der Waals surface area contributed by atoms with E-state index in [0.29, 0.717) is 22.4 Å². The smallest absolute Gasteiger partial charge is 0.255 e. The Morgan fingerprint density at radius 3 is 2.77 bits per heavy atom. The Kier molecular flexibility index (Phi) is 5.43. The van der Waals surface area contributed by atoms with Crippen LogP contribution in [0.15, 0.2) is 61.4 Å². The quantitative estimate of drug-likeness (QED) is 0.463. The first-order chi connectivity index (χ1) is 14.9. The number of hydrogen-bond acceptors (Lipinski definition) is 6. The summed E-state index contributed by atoms with van der Waals surface area (Å²) in [4.78, 5) is 18.0. The zero-order valence-electron chi connectivity index (χ0n) is 17.0. The van der Waals surface area contributed by atoms with Crippen LogP contribution in [0.2, 0.25) is 0 Å². The number of anilines is 1. The molecular weight excluding hydrogens is 408 g/mol. The van der Waals surface area contributed by atoms with Gasteiger partial charge in [0.25, 0.3) is 5.91 Å². The highest BCUT2D eigenvalue weighted by Crippen LogP contribution is 2.25. The molecule has 0 aliphatic carbocycles. The van der Waals surface area contributed by atoms with Gasteiger partial charge in [-0.2, -0.15) is 5.26 Å². The van der Waals surface area contributed by atoms with Crippen molar-refractivity contribution in [3.8, 4) is 22.3 Å². The van der Waals surface area contributed by atoms with Gasteiger partial charge in [-0.05, 0) is 49.2 Å². The largest absolute Gasteiger partial charge is 0.322 e. The van der Waals surface area contributed by atoms with Crippen molar-refractivity contribution < 1.29 is 4.79 Å². The minimum Gasteiger partial charge on any atom is -0.322 e. The Bertz CT molecular complexity index is 1340. The van der Waals surface area contributed by atoms with E-state index in [1.54, 1.807) is 58.6 Å². The van der Waals surface area contributed by atoms with Gasteiger partial charge in [-0.15, -0.1) is 16.4 Å². The van der Waals surface area contributed by atoms with Crippen LogP contribution in [0.4, 0.5) is 5.69 Å². The highest BCUT2D eigenvalue weighted by Gasteiger charge is 2.13. The highest BCUT2D eigenvalue weighted by molar-refractivity contribution is 7.15. The van der Waals surface area contributed by atoms with Gasteiger partial charge < -0.3 is 5.32 Å². The molecule has 1 amide bonds. The van der Waals surface area contributed by atoms with Crippen LogP contribution in [0.3, 0.4) is 0 Å². The highest BCUT2D eigenvalue weighted by atomic mass is 32.1. The van der Waals surface area contributed by atoms with Crippen LogP contribution in [-0.2, 0) is 0 Å². The molecule has 2 heterocycles. The number of hydrogen-bond donors (Lipinski definition) is 1.